The number of carbonyl (C=O) groups is 1. The van der Waals surface area contributed by atoms with Crippen LogP contribution in [0, 0.1) is 0 Å². The molecule has 2 aromatic carbocycles. The number of nitrogens with zero attached hydrogens (tertiary/aromatic N) is 1. The molecule has 3 rings (SSSR count). The minimum Gasteiger partial charge on any atom is -0.493 e. The van der Waals surface area contributed by atoms with Gasteiger partial charge in [0.15, 0.2) is 23.0 Å². The highest BCUT2D eigenvalue weighted by Gasteiger charge is 2.40. The molecule has 1 amide bonds. The van der Waals surface area contributed by atoms with Crippen LogP contribution in [0.4, 0.5) is 13.2 Å². The summed E-state index contributed by atoms with van der Waals surface area (Å²) in [4.78, 5) is 16.2. The van der Waals surface area contributed by atoms with Crippen LogP contribution in [0.25, 0.3) is 10.8 Å². The van der Waals surface area contributed by atoms with E-state index in [0.29, 0.717) is 33.6 Å². The summed E-state index contributed by atoms with van der Waals surface area (Å²) in [5, 5.41) is 3.16. The number of benzene rings is 2. The Hall–Kier alpha value is -3.69. The molecule has 0 radical (unpaired) electrons. The molecule has 10 heteroatoms. The summed E-state index contributed by atoms with van der Waals surface area (Å²) in [6, 6.07) is 8.27. The summed E-state index contributed by atoms with van der Waals surface area (Å²) in [6.45, 7) is 0. The van der Waals surface area contributed by atoms with Gasteiger partial charge >= 0.3 is 12.1 Å². The fraction of sp³-hybridized carbons (Fsp3) is 0.273. The molecular weight excluding hydrogens is 429 g/mol. The van der Waals surface area contributed by atoms with E-state index in [2.05, 4.69) is 4.98 Å². The second kappa shape index (κ2) is 9.21. The molecule has 0 aliphatic heterocycles. The fourth-order valence-electron chi connectivity index (χ4n) is 3.31. The molecule has 0 spiro atoms. The number of nitrogens with one attached hydrogen (secondary N) is 1. The van der Waals surface area contributed by atoms with E-state index in [4.69, 9.17) is 18.9 Å². The van der Waals surface area contributed by atoms with Gasteiger partial charge in [0, 0.05) is 11.6 Å². The van der Waals surface area contributed by atoms with Gasteiger partial charge in [0.25, 0.3) is 0 Å². The molecule has 7 nitrogen and oxygen atoms in total. The number of amides is 1. The number of rotatable bonds is 7. The zero-order valence-electron chi connectivity index (χ0n) is 17.7. The molecule has 0 saturated carbocycles. The molecule has 0 saturated heterocycles. The van der Waals surface area contributed by atoms with E-state index < -0.39 is 18.1 Å². The molecule has 1 aromatic heterocycles. The van der Waals surface area contributed by atoms with Gasteiger partial charge in [-0.1, -0.05) is 6.07 Å². The molecule has 0 aliphatic rings. The summed E-state index contributed by atoms with van der Waals surface area (Å²) < 4.78 is 60.5. The van der Waals surface area contributed by atoms with Crippen molar-refractivity contribution in [1.82, 2.24) is 10.3 Å². The summed E-state index contributed by atoms with van der Waals surface area (Å²) in [7, 11) is 5.75. The van der Waals surface area contributed by atoms with E-state index >= 15 is 0 Å². The number of aromatic nitrogens is 1. The minimum absolute atomic E-state index is 0.188. The lowest BCUT2D eigenvalue weighted by molar-refractivity contribution is -0.174. The lowest BCUT2D eigenvalue weighted by Gasteiger charge is -2.22. The molecule has 1 atom stereocenters. The number of fused-ring (bicyclic) bond motifs is 1. The third-order valence-electron chi connectivity index (χ3n) is 4.85. The molecular formula is C22H21F3N2O5. The Labute approximate surface area is 182 Å². The maximum atomic E-state index is 13.1. The number of alkyl halides is 3. The quantitative estimate of drug-likeness (QED) is 0.586. The van der Waals surface area contributed by atoms with Crippen molar-refractivity contribution in [2.75, 3.05) is 28.4 Å². The average Bonchev–Trinajstić information content (AvgIpc) is 2.79. The summed E-state index contributed by atoms with van der Waals surface area (Å²) >= 11 is 0. The van der Waals surface area contributed by atoms with Crippen molar-refractivity contribution >= 4 is 16.7 Å². The molecule has 0 unspecified atom stereocenters. The summed E-state index contributed by atoms with van der Waals surface area (Å²) in [5.41, 5.74) is 0.503. The predicted octanol–water partition coefficient (Wildman–Crippen LogP) is 4.04. The van der Waals surface area contributed by atoms with Crippen molar-refractivity contribution in [3.63, 3.8) is 0 Å². The Morgan fingerprint density at radius 1 is 0.875 bits per heavy atom. The van der Waals surface area contributed by atoms with Crippen LogP contribution in [0.15, 0.2) is 42.6 Å². The van der Waals surface area contributed by atoms with Crippen LogP contribution in [0.2, 0.25) is 0 Å². The SMILES string of the molecule is COc1ccc([C@H](NC(=O)C(F)(F)F)c2nccc3cc(OC)c(OC)cc23)cc1OC. The summed E-state index contributed by atoms with van der Waals surface area (Å²) in [6.07, 6.45) is -3.64. The second-order valence-corrected chi connectivity index (χ2v) is 6.64. The minimum atomic E-state index is -5.08. The molecule has 0 bridgehead atoms. The highest BCUT2D eigenvalue weighted by molar-refractivity contribution is 5.89. The number of ether oxygens (including phenoxy) is 4. The largest absolute Gasteiger partial charge is 0.493 e. The van der Waals surface area contributed by atoms with Crippen molar-refractivity contribution in [3.8, 4) is 23.0 Å². The summed E-state index contributed by atoms with van der Waals surface area (Å²) in [5.74, 6) is -0.622. The number of carbonyl (C=O) groups excluding carboxylic acids is 1. The van der Waals surface area contributed by atoms with Crippen molar-refractivity contribution < 1.29 is 36.9 Å². The Balaban J connectivity index is 2.24. The topological polar surface area (TPSA) is 78.9 Å². The Morgan fingerprint density at radius 3 is 2.06 bits per heavy atom. The Morgan fingerprint density at radius 2 is 1.47 bits per heavy atom. The maximum Gasteiger partial charge on any atom is 0.471 e. The lowest BCUT2D eigenvalue weighted by Crippen LogP contribution is -2.39. The van der Waals surface area contributed by atoms with Gasteiger partial charge in [0.2, 0.25) is 0 Å². The van der Waals surface area contributed by atoms with E-state index in [1.54, 1.807) is 18.2 Å². The van der Waals surface area contributed by atoms with Gasteiger partial charge in [-0.3, -0.25) is 9.78 Å². The van der Waals surface area contributed by atoms with Gasteiger partial charge in [-0.15, -0.1) is 0 Å². The molecule has 170 valence electrons. The van der Waals surface area contributed by atoms with Gasteiger partial charge in [0.05, 0.1) is 40.2 Å². The van der Waals surface area contributed by atoms with Gasteiger partial charge in [0.1, 0.15) is 0 Å². The predicted molar refractivity (Wildman–Crippen MR) is 110 cm³/mol. The molecule has 1 heterocycles. The molecule has 3 aromatic rings. The van der Waals surface area contributed by atoms with Crippen LogP contribution < -0.4 is 24.3 Å². The number of halogens is 3. The fourth-order valence-corrected chi connectivity index (χ4v) is 3.31. The smallest absolute Gasteiger partial charge is 0.471 e. The number of hydrogen-bond donors (Lipinski definition) is 1. The number of pyridine rings is 1. The van der Waals surface area contributed by atoms with Crippen molar-refractivity contribution in [2.45, 2.75) is 12.2 Å². The maximum absolute atomic E-state index is 13.1. The van der Waals surface area contributed by atoms with E-state index in [0.717, 1.165) is 0 Å². The second-order valence-electron chi connectivity index (χ2n) is 6.64. The first-order valence-electron chi connectivity index (χ1n) is 9.33. The molecule has 32 heavy (non-hydrogen) atoms. The highest BCUT2D eigenvalue weighted by Crippen LogP contribution is 2.38. The molecule has 0 aliphatic carbocycles. The zero-order valence-corrected chi connectivity index (χ0v) is 17.7. The number of methoxy groups -OCH3 is 4. The van der Waals surface area contributed by atoms with Crippen LogP contribution in [-0.4, -0.2) is 45.5 Å². The molecule has 0 fully saturated rings. The van der Waals surface area contributed by atoms with Gasteiger partial charge in [-0.2, -0.15) is 13.2 Å². The van der Waals surface area contributed by atoms with Crippen LogP contribution in [0.1, 0.15) is 17.3 Å². The van der Waals surface area contributed by atoms with Crippen molar-refractivity contribution in [1.29, 1.82) is 0 Å². The standard InChI is InChI=1S/C22H21F3N2O5/c1-29-15-6-5-13(10-16(15)30-2)19(27-21(28)22(23,24)25)20-14-11-18(32-4)17(31-3)9-12(14)7-8-26-20/h5-11,19H,1-4H3,(H,27,28)/t19-/m0/s1. The van der Waals surface area contributed by atoms with E-state index in [1.165, 1.54) is 52.8 Å². The monoisotopic (exact) mass is 450 g/mol. The molecule has 1 N–H and O–H groups in total. The van der Waals surface area contributed by atoms with Crippen molar-refractivity contribution in [3.05, 3.63) is 53.9 Å². The zero-order chi connectivity index (χ0) is 23.5. The van der Waals surface area contributed by atoms with Crippen LogP contribution in [-0.2, 0) is 4.79 Å². The van der Waals surface area contributed by atoms with Gasteiger partial charge < -0.3 is 24.3 Å². The third-order valence-corrected chi connectivity index (χ3v) is 4.85. The van der Waals surface area contributed by atoms with Crippen LogP contribution in [0.3, 0.4) is 0 Å². The van der Waals surface area contributed by atoms with E-state index in [1.807, 2.05) is 5.32 Å². The lowest BCUT2D eigenvalue weighted by atomic mass is 9.97. The van der Waals surface area contributed by atoms with Gasteiger partial charge in [-0.25, -0.2) is 0 Å². The Kier molecular flexibility index (Phi) is 6.61. The van der Waals surface area contributed by atoms with E-state index in [9.17, 15) is 18.0 Å². The van der Waals surface area contributed by atoms with Crippen molar-refractivity contribution in [2.24, 2.45) is 0 Å². The number of hydrogen-bond acceptors (Lipinski definition) is 6. The average molecular weight is 450 g/mol. The third kappa shape index (κ3) is 4.48. The first-order chi connectivity index (χ1) is 15.2. The first kappa shape index (κ1) is 23.0. The normalized spacial score (nSPS) is 12.2. The van der Waals surface area contributed by atoms with Gasteiger partial charge in [-0.05, 0) is 41.3 Å². The highest BCUT2D eigenvalue weighted by atomic mass is 19.4. The first-order valence-corrected chi connectivity index (χ1v) is 9.33. The van der Waals surface area contributed by atoms with E-state index in [-0.39, 0.29) is 11.4 Å². The van der Waals surface area contributed by atoms with Crippen LogP contribution >= 0.6 is 0 Å². The van der Waals surface area contributed by atoms with Crippen LogP contribution in [0.5, 0.6) is 23.0 Å². The Bertz CT molecular complexity index is 1130.